The number of nitrogens with one attached hydrogen (secondary N) is 1. The minimum Gasteiger partial charge on any atom is -0.481 e. The van der Waals surface area contributed by atoms with Gasteiger partial charge in [0.2, 0.25) is 5.89 Å². The summed E-state index contributed by atoms with van der Waals surface area (Å²) in [6.45, 7) is 0.675. The van der Waals surface area contributed by atoms with E-state index in [1.165, 1.54) is 4.90 Å². The number of urea groups is 1. The van der Waals surface area contributed by atoms with Crippen LogP contribution < -0.4 is 14.8 Å². The SMILES string of the molecule is O=C(O)CCCCCNC(=O)N(CCCS(=O)(=O)O)c1ccc2nc(-c3cc[n+](CCCS(=O)(=O)O)cc3)oc2c1. The van der Waals surface area contributed by atoms with Gasteiger partial charge in [0.25, 0.3) is 20.2 Å². The molecule has 16 heteroatoms. The third-order valence-corrected chi connectivity index (χ3v) is 7.62. The number of anilines is 1. The molecule has 2 heterocycles. The van der Waals surface area contributed by atoms with E-state index in [9.17, 15) is 26.4 Å². The van der Waals surface area contributed by atoms with Crippen molar-refractivity contribution in [2.24, 2.45) is 0 Å². The van der Waals surface area contributed by atoms with E-state index in [-0.39, 0.29) is 31.6 Å². The lowest BCUT2D eigenvalue weighted by atomic mass is 10.2. The molecule has 0 saturated carbocycles. The molecule has 4 N–H and O–H groups in total. The van der Waals surface area contributed by atoms with E-state index in [1.807, 2.05) is 0 Å². The monoisotopic (exact) mass is 613 g/mol. The third kappa shape index (κ3) is 11.1. The lowest BCUT2D eigenvalue weighted by Crippen LogP contribution is -2.41. The van der Waals surface area contributed by atoms with Gasteiger partial charge in [-0.1, -0.05) is 6.42 Å². The Morgan fingerprint density at radius 3 is 2.27 bits per heavy atom. The van der Waals surface area contributed by atoms with Crippen molar-refractivity contribution in [1.29, 1.82) is 0 Å². The van der Waals surface area contributed by atoms with Crippen LogP contribution in [0.3, 0.4) is 0 Å². The molecule has 1 aromatic carbocycles. The van der Waals surface area contributed by atoms with Crippen LogP contribution in [-0.4, -0.2) is 72.6 Å². The molecular weight excluding hydrogens is 580 g/mol. The molecule has 0 aliphatic rings. The van der Waals surface area contributed by atoms with Gasteiger partial charge in [-0.05, 0) is 31.4 Å². The first kappa shape index (κ1) is 31.9. The fraction of sp³-hybridized carbons (Fsp3) is 0.440. The molecule has 41 heavy (non-hydrogen) atoms. The third-order valence-electron chi connectivity index (χ3n) is 6.01. The van der Waals surface area contributed by atoms with Gasteiger partial charge in [-0.3, -0.25) is 18.8 Å². The average molecular weight is 614 g/mol. The van der Waals surface area contributed by atoms with E-state index in [2.05, 4.69) is 10.3 Å². The first-order chi connectivity index (χ1) is 19.3. The Morgan fingerprint density at radius 2 is 1.61 bits per heavy atom. The molecule has 0 fully saturated rings. The number of amides is 2. The van der Waals surface area contributed by atoms with Crippen molar-refractivity contribution in [3.63, 3.8) is 0 Å². The van der Waals surface area contributed by atoms with Crippen molar-refractivity contribution in [3.8, 4) is 11.5 Å². The topological polar surface area (TPSA) is 208 Å². The minimum absolute atomic E-state index is 0.00654. The van der Waals surface area contributed by atoms with Crippen molar-refractivity contribution >= 4 is 49.0 Å². The number of oxazole rings is 1. The summed E-state index contributed by atoms with van der Waals surface area (Å²) in [4.78, 5) is 29.4. The fourth-order valence-corrected chi connectivity index (χ4v) is 4.99. The molecule has 0 aliphatic heterocycles. The highest BCUT2D eigenvalue weighted by Gasteiger charge is 2.19. The van der Waals surface area contributed by atoms with Gasteiger partial charge in [0.1, 0.15) is 12.1 Å². The van der Waals surface area contributed by atoms with E-state index in [0.717, 1.165) is 0 Å². The molecular formula is C25H33N4O10S2+. The summed E-state index contributed by atoms with van der Waals surface area (Å²) in [6.07, 6.45) is 5.40. The predicted octanol–water partition coefficient (Wildman–Crippen LogP) is 2.50. The Bertz CT molecular complexity index is 1550. The minimum atomic E-state index is -4.21. The number of hydrogen-bond donors (Lipinski definition) is 4. The summed E-state index contributed by atoms with van der Waals surface area (Å²) < 4.78 is 69.8. The lowest BCUT2D eigenvalue weighted by Gasteiger charge is -2.23. The molecule has 0 spiro atoms. The van der Waals surface area contributed by atoms with Crippen molar-refractivity contribution in [3.05, 3.63) is 42.7 Å². The Labute approximate surface area is 237 Å². The highest BCUT2D eigenvalue weighted by atomic mass is 32.2. The number of carboxylic acids is 1. The summed E-state index contributed by atoms with van der Waals surface area (Å²) >= 11 is 0. The molecule has 224 valence electrons. The van der Waals surface area contributed by atoms with Crippen LogP contribution in [0.5, 0.6) is 0 Å². The maximum Gasteiger partial charge on any atom is 0.321 e. The molecule has 3 rings (SSSR count). The van der Waals surface area contributed by atoms with Crippen LogP contribution in [0.4, 0.5) is 10.5 Å². The van der Waals surface area contributed by atoms with Crippen LogP contribution >= 0.6 is 0 Å². The van der Waals surface area contributed by atoms with Gasteiger partial charge in [-0.25, -0.2) is 14.3 Å². The number of nitrogens with zero attached hydrogens (tertiary/aromatic N) is 3. The Balaban J connectivity index is 1.72. The first-order valence-electron chi connectivity index (χ1n) is 12.9. The van der Waals surface area contributed by atoms with Crippen LogP contribution in [0.1, 0.15) is 38.5 Å². The van der Waals surface area contributed by atoms with Gasteiger partial charge in [-0.15, -0.1) is 0 Å². The molecule has 0 saturated heterocycles. The smallest absolute Gasteiger partial charge is 0.321 e. The number of rotatable bonds is 16. The van der Waals surface area contributed by atoms with Crippen molar-refractivity contribution in [2.75, 3.05) is 29.5 Å². The predicted molar refractivity (Wildman–Crippen MR) is 149 cm³/mol. The molecule has 0 aliphatic carbocycles. The summed E-state index contributed by atoms with van der Waals surface area (Å²) in [5, 5.41) is 11.5. The normalized spacial score (nSPS) is 12.0. The summed E-state index contributed by atoms with van der Waals surface area (Å²) in [5.74, 6) is -1.43. The number of carboxylic acid groups (broad SMARTS) is 1. The van der Waals surface area contributed by atoms with Crippen LogP contribution in [-0.2, 0) is 31.6 Å². The second-order valence-electron chi connectivity index (χ2n) is 9.36. The number of aryl methyl sites for hydroxylation is 1. The zero-order valence-corrected chi connectivity index (χ0v) is 23.8. The van der Waals surface area contributed by atoms with Gasteiger partial charge in [-0.2, -0.15) is 16.8 Å². The molecule has 0 bridgehead atoms. The van der Waals surface area contributed by atoms with Gasteiger partial charge in [0, 0.05) is 55.4 Å². The number of fused-ring (bicyclic) bond motifs is 1. The maximum atomic E-state index is 13.0. The van der Waals surface area contributed by atoms with E-state index in [4.69, 9.17) is 18.6 Å². The van der Waals surface area contributed by atoms with Crippen LogP contribution in [0.15, 0.2) is 47.1 Å². The largest absolute Gasteiger partial charge is 0.481 e. The van der Waals surface area contributed by atoms with E-state index >= 15 is 0 Å². The Kier molecular flexibility index (Phi) is 11.2. The van der Waals surface area contributed by atoms with E-state index in [1.54, 1.807) is 47.3 Å². The van der Waals surface area contributed by atoms with Crippen LogP contribution in [0.25, 0.3) is 22.6 Å². The number of carbonyl (C=O) groups excluding carboxylic acids is 1. The van der Waals surface area contributed by atoms with Gasteiger partial charge in [0.05, 0.1) is 11.5 Å². The van der Waals surface area contributed by atoms with Gasteiger partial charge < -0.3 is 14.8 Å². The lowest BCUT2D eigenvalue weighted by molar-refractivity contribution is -0.696. The number of hydrogen-bond acceptors (Lipinski definition) is 8. The standard InChI is InChI=1S/C25H32N4O10S2/c30-23(31)6-2-1-3-11-26-25(32)29(13-5-17-41(36,37)38)20-7-8-21-22(18-20)39-24(27-21)19-9-14-28(15-10-19)12-4-16-40(33,34)35/h7-10,14-15,18H,1-6,11-13,16-17H2,(H3-,26,30,31,32,33,34,35,36,37,38)/p+1. The van der Waals surface area contributed by atoms with Crippen molar-refractivity contribution in [2.45, 2.75) is 45.1 Å². The second kappa shape index (κ2) is 14.3. The zero-order valence-electron chi connectivity index (χ0n) is 22.2. The summed E-state index contributed by atoms with van der Waals surface area (Å²) in [6, 6.07) is 7.90. The van der Waals surface area contributed by atoms with E-state index in [0.29, 0.717) is 60.6 Å². The van der Waals surface area contributed by atoms with Crippen LogP contribution in [0, 0.1) is 0 Å². The molecule has 3 aromatic rings. The highest BCUT2D eigenvalue weighted by molar-refractivity contribution is 7.86. The number of benzene rings is 1. The summed E-state index contributed by atoms with van der Waals surface area (Å²) in [5.41, 5.74) is 1.97. The Hall–Kier alpha value is -3.60. The fourth-order valence-electron chi connectivity index (χ4n) is 4.00. The molecule has 0 radical (unpaired) electrons. The average Bonchev–Trinajstić information content (AvgIpc) is 3.31. The molecule has 0 unspecified atom stereocenters. The Morgan fingerprint density at radius 1 is 0.927 bits per heavy atom. The maximum absolute atomic E-state index is 13.0. The number of carbonyl (C=O) groups is 2. The number of pyridine rings is 1. The van der Waals surface area contributed by atoms with E-state index < -0.39 is 38.0 Å². The van der Waals surface area contributed by atoms with Crippen molar-refractivity contribution in [1.82, 2.24) is 10.3 Å². The second-order valence-corrected chi connectivity index (χ2v) is 12.5. The van der Waals surface area contributed by atoms with Gasteiger partial charge >= 0.3 is 12.0 Å². The molecule has 14 nitrogen and oxygen atoms in total. The summed E-state index contributed by atoms with van der Waals surface area (Å²) in [7, 11) is -8.23. The van der Waals surface area contributed by atoms with Gasteiger partial charge in [0.15, 0.2) is 18.0 Å². The van der Waals surface area contributed by atoms with Crippen molar-refractivity contribution < 1.29 is 49.6 Å². The number of aliphatic carboxylic acids is 1. The molecule has 2 aromatic heterocycles. The molecule has 2 amide bonds. The quantitative estimate of drug-likeness (QED) is 0.105. The zero-order chi connectivity index (χ0) is 30.0. The highest BCUT2D eigenvalue weighted by Crippen LogP contribution is 2.27. The molecule has 0 atom stereocenters. The van der Waals surface area contributed by atoms with Crippen LogP contribution in [0.2, 0.25) is 0 Å². The first-order valence-corrected chi connectivity index (χ1v) is 16.1. The number of aromatic nitrogens is 2. The number of unbranched alkanes of at least 4 members (excludes halogenated alkanes) is 2.